The molecule has 1 aromatic heterocycles. The van der Waals surface area contributed by atoms with Crippen molar-refractivity contribution in [2.45, 2.75) is 13.0 Å². The summed E-state index contributed by atoms with van der Waals surface area (Å²) in [5.74, 6) is -0.347. The number of carbonyl (C=O) groups is 2. The second-order valence-corrected chi connectivity index (χ2v) is 5.79. The number of carbonyl (C=O) groups excluding carboxylic acids is 2. The zero-order valence-corrected chi connectivity index (χ0v) is 13.2. The molecule has 0 unspecified atom stereocenters. The molecule has 0 atom stereocenters. The summed E-state index contributed by atoms with van der Waals surface area (Å²) in [5, 5.41) is 1.05. The first-order chi connectivity index (χ1) is 11.2. The number of benzene rings is 1. The van der Waals surface area contributed by atoms with Gasteiger partial charge >= 0.3 is 5.97 Å². The van der Waals surface area contributed by atoms with Crippen molar-refractivity contribution >= 4 is 23.3 Å². The van der Waals surface area contributed by atoms with Gasteiger partial charge in [-0.2, -0.15) is 0 Å². The highest BCUT2D eigenvalue weighted by molar-refractivity contribution is 5.98. The first-order valence-electron chi connectivity index (χ1n) is 7.82. The maximum atomic E-state index is 12.1. The first-order valence-corrected chi connectivity index (χ1v) is 7.82. The Morgan fingerprint density at radius 3 is 2.87 bits per heavy atom. The third kappa shape index (κ3) is 3.22. The maximum absolute atomic E-state index is 12.1. The average Bonchev–Trinajstić information content (AvgIpc) is 2.78. The van der Waals surface area contributed by atoms with Gasteiger partial charge in [-0.05, 0) is 12.5 Å². The number of methoxy groups -OCH3 is 1. The number of amides is 1. The molecule has 122 valence electrons. The van der Waals surface area contributed by atoms with E-state index >= 15 is 0 Å². The van der Waals surface area contributed by atoms with Gasteiger partial charge in [-0.3, -0.25) is 9.69 Å². The minimum Gasteiger partial charge on any atom is -0.464 e. The summed E-state index contributed by atoms with van der Waals surface area (Å²) in [6, 6.07) is 7.89. The van der Waals surface area contributed by atoms with E-state index in [0.717, 1.165) is 55.5 Å². The summed E-state index contributed by atoms with van der Waals surface area (Å²) in [6.07, 6.45) is 1.85. The van der Waals surface area contributed by atoms with Crippen LogP contribution < -0.4 is 0 Å². The fourth-order valence-electron chi connectivity index (χ4n) is 3.12. The van der Waals surface area contributed by atoms with Crippen molar-refractivity contribution in [2.75, 3.05) is 33.3 Å². The van der Waals surface area contributed by atoms with Gasteiger partial charge in [-0.25, -0.2) is 4.79 Å². The Morgan fingerprint density at radius 1 is 1.26 bits per heavy atom. The molecule has 1 fully saturated rings. The van der Waals surface area contributed by atoms with E-state index in [0.29, 0.717) is 12.2 Å². The summed E-state index contributed by atoms with van der Waals surface area (Å²) in [6.45, 7) is 3.89. The molecule has 3 rings (SSSR count). The molecule has 6 heteroatoms. The Balaban J connectivity index is 1.89. The highest BCUT2D eigenvalue weighted by Crippen LogP contribution is 2.25. The van der Waals surface area contributed by atoms with Gasteiger partial charge < -0.3 is 14.6 Å². The molecule has 0 aliphatic carbocycles. The van der Waals surface area contributed by atoms with Crippen LogP contribution in [0.2, 0.25) is 0 Å². The van der Waals surface area contributed by atoms with Gasteiger partial charge in [0.2, 0.25) is 6.41 Å². The molecule has 0 bridgehead atoms. The number of para-hydroxylation sites is 1. The van der Waals surface area contributed by atoms with Gasteiger partial charge in [0.25, 0.3) is 0 Å². The van der Waals surface area contributed by atoms with Gasteiger partial charge in [-0.15, -0.1) is 0 Å². The third-order valence-corrected chi connectivity index (χ3v) is 4.36. The summed E-state index contributed by atoms with van der Waals surface area (Å²) in [7, 11) is 1.39. The second kappa shape index (κ2) is 6.83. The molecule has 1 aliphatic rings. The Bertz CT molecular complexity index is 710. The molecule has 23 heavy (non-hydrogen) atoms. The number of hydrogen-bond donors (Lipinski definition) is 1. The lowest BCUT2D eigenvalue weighted by Gasteiger charge is -2.20. The predicted octanol–water partition coefficient (Wildman–Crippen LogP) is 1.62. The van der Waals surface area contributed by atoms with Crippen LogP contribution in [-0.4, -0.2) is 60.5 Å². The van der Waals surface area contributed by atoms with Crippen molar-refractivity contribution in [1.82, 2.24) is 14.8 Å². The Hall–Kier alpha value is -2.34. The van der Waals surface area contributed by atoms with Crippen LogP contribution in [0, 0.1) is 0 Å². The van der Waals surface area contributed by atoms with E-state index in [1.807, 2.05) is 24.3 Å². The molecule has 1 aliphatic heterocycles. The smallest absolute Gasteiger partial charge is 0.354 e. The van der Waals surface area contributed by atoms with Crippen LogP contribution in [0.15, 0.2) is 24.3 Å². The molecule has 2 heterocycles. The highest BCUT2D eigenvalue weighted by Gasteiger charge is 2.21. The number of nitrogens with one attached hydrogen (secondary N) is 1. The van der Waals surface area contributed by atoms with E-state index in [1.54, 1.807) is 4.90 Å². The van der Waals surface area contributed by atoms with E-state index in [4.69, 9.17) is 4.74 Å². The lowest BCUT2D eigenvalue weighted by molar-refractivity contribution is -0.118. The number of H-pyrrole nitrogens is 1. The average molecular weight is 315 g/mol. The second-order valence-electron chi connectivity index (χ2n) is 5.79. The summed E-state index contributed by atoms with van der Waals surface area (Å²) >= 11 is 0. The molecule has 1 aromatic carbocycles. The van der Waals surface area contributed by atoms with Crippen molar-refractivity contribution in [3.8, 4) is 0 Å². The van der Waals surface area contributed by atoms with Crippen LogP contribution in [0.3, 0.4) is 0 Å². The number of rotatable bonds is 4. The van der Waals surface area contributed by atoms with E-state index in [2.05, 4.69) is 9.88 Å². The molecule has 1 amide bonds. The summed E-state index contributed by atoms with van der Waals surface area (Å²) in [5.41, 5.74) is 2.42. The monoisotopic (exact) mass is 315 g/mol. The van der Waals surface area contributed by atoms with Gasteiger partial charge in [-0.1, -0.05) is 18.2 Å². The Labute approximate surface area is 135 Å². The lowest BCUT2D eigenvalue weighted by atomic mass is 10.1. The number of aromatic nitrogens is 1. The topological polar surface area (TPSA) is 65.6 Å². The largest absolute Gasteiger partial charge is 0.464 e. The fourth-order valence-corrected chi connectivity index (χ4v) is 3.12. The number of fused-ring (bicyclic) bond motifs is 1. The first kappa shape index (κ1) is 15.6. The van der Waals surface area contributed by atoms with Crippen LogP contribution in [-0.2, 0) is 16.1 Å². The lowest BCUT2D eigenvalue weighted by Crippen LogP contribution is -2.30. The van der Waals surface area contributed by atoms with Crippen LogP contribution in [0.5, 0.6) is 0 Å². The van der Waals surface area contributed by atoms with Gasteiger partial charge in [0.15, 0.2) is 0 Å². The number of esters is 1. The molecule has 1 N–H and O–H groups in total. The minimum absolute atomic E-state index is 0.347. The van der Waals surface area contributed by atoms with Crippen molar-refractivity contribution in [3.05, 3.63) is 35.5 Å². The number of aromatic amines is 1. The normalized spacial score (nSPS) is 16.3. The third-order valence-electron chi connectivity index (χ3n) is 4.36. The van der Waals surface area contributed by atoms with Gasteiger partial charge in [0, 0.05) is 49.2 Å². The fraction of sp³-hybridized carbons (Fsp3) is 0.412. The summed E-state index contributed by atoms with van der Waals surface area (Å²) in [4.78, 5) is 30.3. The van der Waals surface area contributed by atoms with E-state index in [-0.39, 0.29) is 5.97 Å². The molecule has 1 saturated heterocycles. The van der Waals surface area contributed by atoms with Crippen LogP contribution in [0.25, 0.3) is 10.9 Å². The van der Waals surface area contributed by atoms with Crippen molar-refractivity contribution in [3.63, 3.8) is 0 Å². The quantitative estimate of drug-likeness (QED) is 0.688. The summed E-state index contributed by atoms with van der Waals surface area (Å²) < 4.78 is 4.91. The number of hydrogen-bond acceptors (Lipinski definition) is 4. The molecule has 0 radical (unpaired) electrons. The van der Waals surface area contributed by atoms with Crippen LogP contribution in [0.4, 0.5) is 0 Å². The molecule has 0 spiro atoms. The SMILES string of the molecule is COC(=O)c1[nH]c2ccccc2c1CN1CCCN(C=O)CC1. The van der Waals surface area contributed by atoms with E-state index in [9.17, 15) is 9.59 Å². The molecular weight excluding hydrogens is 294 g/mol. The standard InChI is InChI=1S/C17H21N3O3/c1-23-17(22)16-14(13-5-2-3-6-15(13)18-16)11-19-7-4-8-20(12-21)10-9-19/h2-3,5-6,12,18H,4,7-11H2,1H3. The number of nitrogens with zero attached hydrogens (tertiary/aromatic N) is 2. The predicted molar refractivity (Wildman–Crippen MR) is 87.2 cm³/mol. The van der Waals surface area contributed by atoms with E-state index < -0.39 is 0 Å². The van der Waals surface area contributed by atoms with Crippen LogP contribution in [0.1, 0.15) is 22.5 Å². The van der Waals surface area contributed by atoms with Crippen molar-refractivity contribution in [2.24, 2.45) is 0 Å². The highest BCUT2D eigenvalue weighted by atomic mass is 16.5. The van der Waals surface area contributed by atoms with E-state index in [1.165, 1.54) is 7.11 Å². The maximum Gasteiger partial charge on any atom is 0.354 e. The minimum atomic E-state index is -0.347. The van der Waals surface area contributed by atoms with Gasteiger partial charge in [0.05, 0.1) is 7.11 Å². The van der Waals surface area contributed by atoms with Crippen molar-refractivity contribution in [1.29, 1.82) is 0 Å². The molecule has 6 nitrogen and oxygen atoms in total. The van der Waals surface area contributed by atoms with Crippen molar-refractivity contribution < 1.29 is 14.3 Å². The Morgan fingerprint density at radius 2 is 2.09 bits per heavy atom. The van der Waals surface area contributed by atoms with Gasteiger partial charge in [0.1, 0.15) is 5.69 Å². The molecule has 0 saturated carbocycles. The molecular formula is C17H21N3O3. The number of ether oxygens (including phenoxy) is 1. The van der Waals surface area contributed by atoms with Crippen LogP contribution >= 0.6 is 0 Å². The Kier molecular flexibility index (Phi) is 4.62. The molecule has 2 aromatic rings. The zero-order chi connectivity index (χ0) is 16.2. The zero-order valence-electron chi connectivity index (χ0n) is 13.2.